The summed E-state index contributed by atoms with van der Waals surface area (Å²) in [7, 11) is 2.37. The van der Waals surface area contributed by atoms with Crippen molar-refractivity contribution in [2.45, 2.75) is 39.2 Å². The zero-order valence-corrected chi connectivity index (χ0v) is 9.01. The first kappa shape index (κ1) is 9.01. The van der Waals surface area contributed by atoms with Gasteiger partial charge in [0.05, 0.1) is 19.8 Å². The van der Waals surface area contributed by atoms with Crippen molar-refractivity contribution in [3.63, 3.8) is 0 Å². The van der Waals surface area contributed by atoms with E-state index in [0.717, 1.165) is 4.48 Å². The predicted molar refractivity (Wildman–Crippen MR) is 56.2 cm³/mol. The molecule has 0 aromatic carbocycles. The Morgan fingerprint density at radius 1 is 1.38 bits per heavy atom. The molecule has 1 saturated heterocycles. The van der Waals surface area contributed by atoms with Crippen LogP contribution >= 0.6 is 0 Å². The second-order valence-corrected chi connectivity index (χ2v) is 4.80. The Balaban J connectivity index is 2.41. The Bertz CT molecular complexity index is 275. The van der Waals surface area contributed by atoms with E-state index < -0.39 is 0 Å². The lowest BCUT2D eigenvalue weighted by Crippen LogP contribution is -2.48. The Hall–Kier alpha value is -0.560. The van der Waals surface area contributed by atoms with Crippen LogP contribution in [-0.4, -0.2) is 24.1 Å². The molecule has 0 aromatic rings. The maximum absolute atomic E-state index is 2.43. The zero-order valence-electron chi connectivity index (χ0n) is 9.01. The third-order valence-corrected chi connectivity index (χ3v) is 3.69. The lowest BCUT2D eigenvalue weighted by atomic mass is 9.97. The van der Waals surface area contributed by atoms with Crippen LogP contribution in [0.3, 0.4) is 0 Å². The van der Waals surface area contributed by atoms with Crippen molar-refractivity contribution in [3.8, 4) is 0 Å². The average Bonchev–Trinajstić information content (AvgIpc) is 2.18. The number of hydrogen-bond donors (Lipinski definition) is 0. The number of fused-ring (bicyclic) bond motifs is 2. The Morgan fingerprint density at radius 3 is 2.92 bits per heavy atom. The third kappa shape index (κ3) is 1.46. The number of rotatable bonds is 0. The lowest BCUT2D eigenvalue weighted by Gasteiger charge is -2.38. The first-order valence-electron chi connectivity index (χ1n) is 5.37. The molecule has 72 valence electrons. The molecule has 2 aliphatic heterocycles. The molecule has 0 N–H and O–H groups in total. The number of hydrogen-bond acceptors (Lipinski definition) is 0. The summed E-state index contributed by atoms with van der Waals surface area (Å²) in [5, 5.41) is 0. The van der Waals surface area contributed by atoms with Crippen molar-refractivity contribution in [2.75, 3.05) is 13.6 Å². The van der Waals surface area contributed by atoms with Gasteiger partial charge < -0.3 is 0 Å². The normalized spacial score (nSPS) is 39.2. The Labute approximate surface area is 81.3 Å². The molecule has 1 nitrogen and oxygen atoms in total. The van der Waals surface area contributed by atoms with E-state index in [1.165, 1.54) is 31.4 Å². The molecule has 2 heterocycles. The van der Waals surface area contributed by atoms with Crippen LogP contribution in [0, 0.1) is 0 Å². The van der Waals surface area contributed by atoms with Gasteiger partial charge in [-0.15, -0.1) is 0 Å². The minimum Gasteiger partial charge on any atom is -0.294 e. The summed E-state index contributed by atoms with van der Waals surface area (Å²) in [4.78, 5) is 0. The minimum atomic E-state index is 0.714. The van der Waals surface area contributed by atoms with E-state index in [0.29, 0.717) is 6.04 Å². The van der Waals surface area contributed by atoms with Crippen LogP contribution in [0.4, 0.5) is 0 Å². The van der Waals surface area contributed by atoms with Gasteiger partial charge in [-0.25, -0.2) is 0 Å². The minimum absolute atomic E-state index is 0.714. The zero-order chi connectivity index (χ0) is 9.47. The van der Waals surface area contributed by atoms with E-state index in [9.17, 15) is 0 Å². The van der Waals surface area contributed by atoms with Crippen LogP contribution in [0.1, 0.15) is 33.1 Å². The van der Waals surface area contributed by atoms with Gasteiger partial charge in [-0.3, -0.25) is 4.48 Å². The fraction of sp³-hybridized carbons (Fsp3) is 0.667. The summed E-state index contributed by atoms with van der Waals surface area (Å²) in [6, 6.07) is 0.714. The van der Waals surface area contributed by atoms with Gasteiger partial charge in [0.15, 0.2) is 0 Å². The highest BCUT2D eigenvalue weighted by Crippen LogP contribution is 2.32. The summed E-state index contributed by atoms with van der Waals surface area (Å²) < 4.78 is 1.14. The van der Waals surface area contributed by atoms with Crippen LogP contribution < -0.4 is 0 Å². The molecular formula is C12H20N+. The molecule has 0 unspecified atom stereocenters. The highest BCUT2D eigenvalue weighted by atomic mass is 15.3. The molecule has 0 spiro atoms. The molecule has 1 heteroatoms. The molecular weight excluding hydrogens is 158 g/mol. The van der Waals surface area contributed by atoms with E-state index in [2.05, 4.69) is 33.2 Å². The van der Waals surface area contributed by atoms with Gasteiger partial charge in [-0.05, 0) is 44.8 Å². The molecule has 13 heavy (non-hydrogen) atoms. The van der Waals surface area contributed by atoms with Crippen molar-refractivity contribution >= 4 is 0 Å². The molecule has 0 aliphatic carbocycles. The summed E-state index contributed by atoms with van der Waals surface area (Å²) in [6.45, 7) is 5.92. The van der Waals surface area contributed by atoms with Crippen molar-refractivity contribution < 1.29 is 4.48 Å². The SMILES string of the molecule is CC1=C[N@@+]2(C)CCCCC(=C1)[C@@H]2C. The first-order chi connectivity index (χ1) is 6.12. The molecule has 2 rings (SSSR count). The molecule has 0 aromatic heterocycles. The maximum Gasteiger partial charge on any atom is 0.112 e. The van der Waals surface area contributed by atoms with Gasteiger partial charge in [-0.1, -0.05) is 0 Å². The van der Waals surface area contributed by atoms with Crippen molar-refractivity contribution in [3.05, 3.63) is 23.4 Å². The average molecular weight is 178 g/mol. The molecule has 1 fully saturated rings. The fourth-order valence-electron chi connectivity index (χ4n) is 2.73. The van der Waals surface area contributed by atoms with E-state index in [4.69, 9.17) is 0 Å². The van der Waals surface area contributed by atoms with Gasteiger partial charge >= 0.3 is 0 Å². The second-order valence-electron chi connectivity index (χ2n) is 4.80. The smallest absolute Gasteiger partial charge is 0.112 e. The van der Waals surface area contributed by atoms with Crippen molar-refractivity contribution in [1.29, 1.82) is 0 Å². The summed E-state index contributed by atoms with van der Waals surface area (Å²) >= 11 is 0. The van der Waals surface area contributed by atoms with E-state index in [-0.39, 0.29) is 0 Å². The van der Waals surface area contributed by atoms with Crippen LogP contribution in [-0.2, 0) is 0 Å². The Morgan fingerprint density at radius 2 is 2.15 bits per heavy atom. The number of nitrogens with zero attached hydrogens (tertiary/aromatic N) is 1. The van der Waals surface area contributed by atoms with Gasteiger partial charge in [0.2, 0.25) is 0 Å². The van der Waals surface area contributed by atoms with Gasteiger partial charge in [0.25, 0.3) is 0 Å². The summed E-state index contributed by atoms with van der Waals surface area (Å²) in [5.41, 5.74) is 3.12. The standard InChI is InChI=1S/C12H20N/c1-10-8-12-6-4-5-7-13(3,9-10)11(12)2/h8-9,11H,4-7H2,1-3H3/q+1/t11-,13+/m0/s1. The third-order valence-electron chi connectivity index (χ3n) is 3.69. The number of allylic oxidation sites excluding steroid dienone is 2. The topological polar surface area (TPSA) is 0 Å². The molecule has 0 amide bonds. The molecule has 0 saturated carbocycles. The van der Waals surface area contributed by atoms with E-state index >= 15 is 0 Å². The van der Waals surface area contributed by atoms with Crippen molar-refractivity contribution in [2.24, 2.45) is 0 Å². The second kappa shape index (κ2) is 2.98. The van der Waals surface area contributed by atoms with Gasteiger partial charge in [0, 0.05) is 5.57 Å². The monoisotopic (exact) mass is 178 g/mol. The summed E-state index contributed by atoms with van der Waals surface area (Å²) in [5.74, 6) is 0. The first-order valence-corrected chi connectivity index (χ1v) is 5.37. The molecule has 2 aliphatic rings. The number of quaternary nitrogens is 1. The number of likely N-dealkylation sites (N-methyl/N-ethyl adjacent to an activating group) is 1. The van der Waals surface area contributed by atoms with Gasteiger partial charge in [0.1, 0.15) is 6.04 Å². The quantitative estimate of drug-likeness (QED) is 0.500. The van der Waals surface area contributed by atoms with E-state index in [1.807, 2.05) is 0 Å². The van der Waals surface area contributed by atoms with Crippen LogP contribution in [0.2, 0.25) is 0 Å². The van der Waals surface area contributed by atoms with Crippen LogP contribution in [0.5, 0.6) is 0 Å². The predicted octanol–water partition coefficient (Wildman–Crippen LogP) is 2.85. The molecule has 2 bridgehead atoms. The highest BCUT2D eigenvalue weighted by molar-refractivity contribution is 5.26. The Kier molecular flexibility index (Phi) is 2.07. The van der Waals surface area contributed by atoms with Crippen LogP contribution in [0.25, 0.3) is 0 Å². The summed E-state index contributed by atoms with van der Waals surface area (Å²) in [6.07, 6.45) is 8.91. The fourth-order valence-corrected chi connectivity index (χ4v) is 2.73. The largest absolute Gasteiger partial charge is 0.294 e. The molecule has 0 radical (unpaired) electrons. The van der Waals surface area contributed by atoms with E-state index in [1.54, 1.807) is 5.57 Å². The highest BCUT2D eigenvalue weighted by Gasteiger charge is 2.34. The van der Waals surface area contributed by atoms with Gasteiger partial charge in [-0.2, -0.15) is 0 Å². The van der Waals surface area contributed by atoms with Crippen molar-refractivity contribution in [1.82, 2.24) is 0 Å². The van der Waals surface area contributed by atoms with Crippen LogP contribution in [0.15, 0.2) is 23.4 Å². The lowest BCUT2D eigenvalue weighted by molar-refractivity contribution is -0.878. The molecule has 2 atom stereocenters. The maximum atomic E-state index is 2.43.